The third-order valence-electron chi connectivity index (χ3n) is 0.818. The highest BCUT2D eigenvalue weighted by Gasteiger charge is 1.97. The van der Waals surface area contributed by atoms with E-state index in [2.05, 4.69) is 6.58 Å². The van der Waals surface area contributed by atoms with Gasteiger partial charge in [-0.1, -0.05) is 18.7 Å². The number of hydrogen-bond acceptors (Lipinski definition) is 3. The molecule has 0 fully saturated rings. The monoisotopic (exact) mass is 181 g/mol. The molecule has 1 heterocycles. The van der Waals surface area contributed by atoms with Gasteiger partial charge in [-0.05, 0) is 10.8 Å². The van der Waals surface area contributed by atoms with E-state index < -0.39 is 11.5 Å². The SMILES string of the molecule is C=C(C#N)C(=O)O.c1ccsc1. The van der Waals surface area contributed by atoms with Crippen LogP contribution in [0.5, 0.6) is 0 Å². The van der Waals surface area contributed by atoms with Crippen molar-refractivity contribution in [1.29, 1.82) is 5.26 Å². The van der Waals surface area contributed by atoms with Gasteiger partial charge >= 0.3 is 5.97 Å². The quantitative estimate of drug-likeness (QED) is 0.531. The second-order valence-electron chi connectivity index (χ2n) is 1.69. The summed E-state index contributed by atoms with van der Waals surface area (Å²) in [5.41, 5.74) is -0.431. The van der Waals surface area contributed by atoms with Gasteiger partial charge in [0.25, 0.3) is 0 Å². The number of aliphatic carboxylic acids is 1. The fraction of sp³-hybridized carbons (Fsp3) is 0. The Morgan fingerprint density at radius 2 is 2.00 bits per heavy atom. The third-order valence-corrected chi connectivity index (χ3v) is 1.45. The highest BCUT2D eigenvalue weighted by atomic mass is 32.1. The lowest BCUT2D eigenvalue weighted by Crippen LogP contribution is -1.94. The van der Waals surface area contributed by atoms with Crippen LogP contribution in [0.4, 0.5) is 0 Å². The Labute approximate surface area is 74.2 Å². The predicted octanol–water partition coefficient (Wildman–Crippen LogP) is 1.90. The number of nitrogens with zero attached hydrogens (tertiary/aromatic N) is 1. The van der Waals surface area contributed by atoms with Crippen molar-refractivity contribution in [2.45, 2.75) is 0 Å². The van der Waals surface area contributed by atoms with Crippen LogP contribution in [0.1, 0.15) is 0 Å². The van der Waals surface area contributed by atoms with Gasteiger partial charge in [0.1, 0.15) is 11.6 Å². The lowest BCUT2D eigenvalue weighted by molar-refractivity contribution is -0.132. The van der Waals surface area contributed by atoms with E-state index in [4.69, 9.17) is 10.4 Å². The summed E-state index contributed by atoms with van der Waals surface area (Å²) in [6.07, 6.45) is 0. The summed E-state index contributed by atoms with van der Waals surface area (Å²) in [4.78, 5) is 9.61. The average molecular weight is 181 g/mol. The molecule has 1 N–H and O–H groups in total. The molecule has 0 bridgehead atoms. The van der Waals surface area contributed by atoms with E-state index in [0.717, 1.165) is 0 Å². The smallest absolute Gasteiger partial charge is 0.345 e. The highest BCUT2D eigenvalue weighted by molar-refractivity contribution is 7.07. The number of rotatable bonds is 1. The van der Waals surface area contributed by atoms with E-state index in [1.165, 1.54) is 6.07 Å². The van der Waals surface area contributed by atoms with Crippen molar-refractivity contribution < 1.29 is 9.90 Å². The van der Waals surface area contributed by atoms with Gasteiger partial charge in [0.2, 0.25) is 0 Å². The standard InChI is InChI=1S/C4H3NO2.C4H4S/c1-3(2-5)4(6)7;1-2-4-5-3-1/h1H2,(H,6,7);1-4H. The van der Waals surface area contributed by atoms with Gasteiger partial charge in [-0.25, -0.2) is 4.79 Å². The second kappa shape index (κ2) is 6.13. The first-order valence-corrected chi connectivity index (χ1v) is 3.92. The zero-order valence-electron chi connectivity index (χ0n) is 6.23. The summed E-state index contributed by atoms with van der Waals surface area (Å²) in [5.74, 6) is -1.26. The molecule has 62 valence electrons. The summed E-state index contributed by atoms with van der Waals surface area (Å²) in [7, 11) is 0. The summed E-state index contributed by atoms with van der Waals surface area (Å²) in [5, 5.41) is 19.7. The highest BCUT2D eigenvalue weighted by Crippen LogP contribution is 1.91. The Bertz CT molecular complexity index is 267. The van der Waals surface area contributed by atoms with Crippen LogP contribution in [0.25, 0.3) is 0 Å². The number of carboxylic acids is 1. The van der Waals surface area contributed by atoms with Crippen LogP contribution in [-0.4, -0.2) is 11.1 Å². The number of carboxylic acid groups (broad SMARTS) is 1. The number of hydrogen-bond donors (Lipinski definition) is 1. The lowest BCUT2D eigenvalue weighted by atomic mass is 10.4. The Balaban J connectivity index is 0.000000211. The number of thiophene rings is 1. The lowest BCUT2D eigenvalue weighted by Gasteiger charge is -1.76. The predicted molar refractivity (Wildman–Crippen MR) is 46.7 cm³/mol. The molecule has 0 saturated heterocycles. The molecule has 0 unspecified atom stereocenters. The van der Waals surface area contributed by atoms with Crippen molar-refractivity contribution in [3.8, 4) is 6.07 Å². The molecule has 4 heteroatoms. The third kappa shape index (κ3) is 5.21. The Hall–Kier alpha value is -1.60. The molecule has 1 aromatic rings. The van der Waals surface area contributed by atoms with E-state index in [0.29, 0.717) is 0 Å². The van der Waals surface area contributed by atoms with Crippen molar-refractivity contribution in [1.82, 2.24) is 0 Å². The minimum atomic E-state index is -1.26. The molecule has 1 rings (SSSR count). The van der Waals surface area contributed by atoms with Crippen LogP contribution in [0.3, 0.4) is 0 Å². The van der Waals surface area contributed by atoms with Gasteiger partial charge in [-0.15, -0.1) is 0 Å². The van der Waals surface area contributed by atoms with Gasteiger partial charge in [0.05, 0.1) is 0 Å². The van der Waals surface area contributed by atoms with Crippen molar-refractivity contribution >= 4 is 17.3 Å². The Kier molecular flexibility index (Phi) is 5.31. The zero-order chi connectivity index (χ0) is 9.40. The van der Waals surface area contributed by atoms with Crippen molar-refractivity contribution in [2.75, 3.05) is 0 Å². The molecule has 1 aromatic heterocycles. The van der Waals surface area contributed by atoms with Gasteiger partial charge in [0, 0.05) is 0 Å². The van der Waals surface area contributed by atoms with E-state index in [1.807, 2.05) is 22.9 Å². The van der Waals surface area contributed by atoms with Gasteiger partial charge in [-0.2, -0.15) is 16.6 Å². The molecule has 0 aromatic carbocycles. The molecule has 0 amide bonds. The van der Waals surface area contributed by atoms with Crippen LogP contribution in [-0.2, 0) is 4.79 Å². The minimum Gasteiger partial charge on any atom is -0.477 e. The average Bonchev–Trinajstić information content (AvgIpc) is 2.59. The molecule has 12 heavy (non-hydrogen) atoms. The first kappa shape index (κ1) is 10.4. The molecular formula is C8H7NO2S. The van der Waals surface area contributed by atoms with Gasteiger partial charge in [-0.3, -0.25) is 0 Å². The van der Waals surface area contributed by atoms with E-state index in [9.17, 15) is 4.79 Å². The minimum absolute atomic E-state index is 0.431. The number of nitriles is 1. The van der Waals surface area contributed by atoms with E-state index >= 15 is 0 Å². The Morgan fingerprint density at radius 1 is 1.50 bits per heavy atom. The fourth-order valence-electron chi connectivity index (χ4n) is 0.275. The first-order valence-electron chi connectivity index (χ1n) is 2.98. The molecule has 3 nitrogen and oxygen atoms in total. The zero-order valence-corrected chi connectivity index (χ0v) is 7.04. The molecule has 0 aliphatic heterocycles. The molecule has 0 aliphatic carbocycles. The van der Waals surface area contributed by atoms with Crippen molar-refractivity contribution in [3.63, 3.8) is 0 Å². The summed E-state index contributed by atoms with van der Waals surface area (Å²) < 4.78 is 0. The molecule has 0 radical (unpaired) electrons. The Morgan fingerprint density at radius 3 is 2.08 bits per heavy atom. The van der Waals surface area contributed by atoms with Crippen LogP contribution in [0.15, 0.2) is 35.0 Å². The van der Waals surface area contributed by atoms with Crippen LogP contribution < -0.4 is 0 Å². The molecular weight excluding hydrogens is 174 g/mol. The van der Waals surface area contributed by atoms with Gasteiger partial charge in [0.15, 0.2) is 0 Å². The normalized spacial score (nSPS) is 7.25. The largest absolute Gasteiger partial charge is 0.477 e. The molecule has 0 saturated carbocycles. The van der Waals surface area contributed by atoms with Crippen molar-refractivity contribution in [3.05, 3.63) is 35.0 Å². The first-order chi connectivity index (χ1) is 5.68. The van der Waals surface area contributed by atoms with E-state index in [1.54, 1.807) is 11.3 Å². The molecule has 0 spiro atoms. The number of carbonyl (C=O) groups is 1. The maximum absolute atomic E-state index is 9.61. The van der Waals surface area contributed by atoms with Crippen LogP contribution in [0.2, 0.25) is 0 Å². The van der Waals surface area contributed by atoms with E-state index in [-0.39, 0.29) is 0 Å². The second-order valence-corrected chi connectivity index (χ2v) is 2.51. The van der Waals surface area contributed by atoms with Crippen LogP contribution in [0, 0.1) is 11.3 Å². The summed E-state index contributed by atoms with van der Waals surface area (Å²) >= 11 is 1.71. The summed E-state index contributed by atoms with van der Waals surface area (Å²) in [6, 6.07) is 5.41. The van der Waals surface area contributed by atoms with Crippen LogP contribution >= 0.6 is 11.3 Å². The topological polar surface area (TPSA) is 61.1 Å². The van der Waals surface area contributed by atoms with Crippen molar-refractivity contribution in [2.24, 2.45) is 0 Å². The maximum Gasteiger partial charge on any atom is 0.345 e. The molecule has 0 aliphatic rings. The maximum atomic E-state index is 9.61. The molecule has 0 atom stereocenters. The fourth-order valence-corrected chi connectivity index (χ4v) is 0.728. The van der Waals surface area contributed by atoms with Gasteiger partial charge < -0.3 is 5.11 Å². The summed E-state index contributed by atoms with van der Waals surface area (Å²) in [6.45, 7) is 2.91.